The van der Waals surface area contributed by atoms with Crippen LogP contribution in [-0.4, -0.2) is 55.3 Å². The molecular weight excluding hydrogens is 330 g/mol. The highest BCUT2D eigenvalue weighted by atomic mass is 32.2. The lowest BCUT2D eigenvalue weighted by atomic mass is 9.86. The lowest BCUT2D eigenvalue weighted by molar-refractivity contribution is -0.946. The standard InChI is InChI=1S/C20H31N3OS/c1-15-18(24)23(14-13-22-11-9-21-10-12-22)19(25-15)16-5-7-17(8-6-16)20(2,3)4/h5-8,15,19,21H,9-14H2,1-4H3/p+2/t15-,19+/m0/s1. The number of benzene rings is 1. The Morgan fingerprint density at radius 1 is 1.20 bits per heavy atom. The number of thioether (sulfide) groups is 1. The molecule has 5 heteroatoms. The highest BCUT2D eigenvalue weighted by Gasteiger charge is 2.39. The van der Waals surface area contributed by atoms with Crippen LogP contribution in [-0.2, 0) is 10.2 Å². The maximum absolute atomic E-state index is 12.7. The first-order valence-corrected chi connectivity index (χ1v) is 10.5. The molecule has 3 rings (SSSR count). The van der Waals surface area contributed by atoms with Crippen LogP contribution in [0.3, 0.4) is 0 Å². The molecule has 2 fully saturated rings. The molecule has 0 spiro atoms. The molecule has 2 heterocycles. The van der Waals surface area contributed by atoms with Crippen LogP contribution in [0.4, 0.5) is 0 Å². The molecule has 1 aromatic carbocycles. The Morgan fingerprint density at radius 3 is 2.44 bits per heavy atom. The lowest BCUT2D eigenvalue weighted by Gasteiger charge is -2.28. The van der Waals surface area contributed by atoms with Crippen molar-refractivity contribution in [3.63, 3.8) is 0 Å². The van der Waals surface area contributed by atoms with E-state index in [1.165, 1.54) is 37.3 Å². The van der Waals surface area contributed by atoms with Crippen LogP contribution < -0.4 is 10.2 Å². The number of carbonyl (C=O) groups excluding carboxylic acids is 1. The van der Waals surface area contributed by atoms with Gasteiger partial charge < -0.3 is 15.1 Å². The van der Waals surface area contributed by atoms with E-state index in [0.717, 1.165) is 13.1 Å². The predicted molar refractivity (Wildman–Crippen MR) is 104 cm³/mol. The monoisotopic (exact) mass is 363 g/mol. The number of rotatable bonds is 4. The maximum atomic E-state index is 12.7. The van der Waals surface area contributed by atoms with Crippen molar-refractivity contribution < 1.29 is 15.0 Å². The molecule has 0 aliphatic carbocycles. The van der Waals surface area contributed by atoms with Gasteiger partial charge in [-0.2, -0.15) is 0 Å². The zero-order chi connectivity index (χ0) is 18.0. The summed E-state index contributed by atoms with van der Waals surface area (Å²) in [5.74, 6) is 0.304. The average molecular weight is 364 g/mol. The molecular formula is C20H33N3OS+2. The second-order valence-corrected chi connectivity index (χ2v) is 9.83. The van der Waals surface area contributed by atoms with Crippen LogP contribution in [0.2, 0.25) is 0 Å². The zero-order valence-corrected chi connectivity index (χ0v) is 16.9. The van der Waals surface area contributed by atoms with E-state index in [4.69, 9.17) is 0 Å². The summed E-state index contributed by atoms with van der Waals surface area (Å²) in [6.07, 6.45) is 0. The Hall–Kier alpha value is -1.04. The number of hydrogen-bond acceptors (Lipinski definition) is 2. The molecule has 25 heavy (non-hydrogen) atoms. The first-order chi connectivity index (χ1) is 11.9. The predicted octanol–water partition coefficient (Wildman–Crippen LogP) is 0.409. The van der Waals surface area contributed by atoms with Crippen molar-refractivity contribution in [2.75, 3.05) is 39.3 Å². The van der Waals surface area contributed by atoms with Crippen molar-refractivity contribution >= 4 is 17.7 Å². The van der Waals surface area contributed by atoms with Crippen molar-refractivity contribution in [3.05, 3.63) is 35.4 Å². The molecule has 0 bridgehead atoms. The van der Waals surface area contributed by atoms with Gasteiger partial charge in [-0.05, 0) is 23.5 Å². The van der Waals surface area contributed by atoms with Crippen molar-refractivity contribution in [3.8, 4) is 0 Å². The van der Waals surface area contributed by atoms with Gasteiger partial charge in [-0.1, -0.05) is 45.0 Å². The van der Waals surface area contributed by atoms with E-state index in [1.807, 2.05) is 6.92 Å². The fraction of sp³-hybridized carbons (Fsp3) is 0.650. The first-order valence-electron chi connectivity index (χ1n) is 9.58. The fourth-order valence-corrected chi connectivity index (χ4v) is 5.03. The molecule has 4 nitrogen and oxygen atoms in total. The SMILES string of the molecule is C[C@@H]1S[C@H](c2ccc(C(C)(C)C)cc2)N(CC[NH+]2CC[NH2+]CC2)C1=O. The Balaban J connectivity index is 1.70. The van der Waals surface area contributed by atoms with Crippen LogP contribution in [0.1, 0.15) is 44.2 Å². The molecule has 1 amide bonds. The second-order valence-electron chi connectivity index (χ2n) is 8.40. The smallest absolute Gasteiger partial charge is 0.236 e. The Morgan fingerprint density at radius 2 is 1.84 bits per heavy atom. The van der Waals surface area contributed by atoms with Gasteiger partial charge in [0.05, 0.1) is 18.3 Å². The largest absolute Gasteiger partial charge is 0.337 e. The molecule has 0 unspecified atom stereocenters. The Bertz CT molecular complexity index is 590. The normalized spacial score (nSPS) is 25.6. The van der Waals surface area contributed by atoms with E-state index in [1.54, 1.807) is 16.7 Å². The van der Waals surface area contributed by atoms with Gasteiger partial charge in [0.15, 0.2) is 0 Å². The summed E-state index contributed by atoms with van der Waals surface area (Å²) in [4.78, 5) is 16.4. The van der Waals surface area contributed by atoms with E-state index < -0.39 is 0 Å². The van der Waals surface area contributed by atoms with Gasteiger partial charge in [0.25, 0.3) is 0 Å². The van der Waals surface area contributed by atoms with Gasteiger partial charge >= 0.3 is 0 Å². The molecule has 2 aliphatic heterocycles. The van der Waals surface area contributed by atoms with E-state index in [9.17, 15) is 4.79 Å². The number of piperazine rings is 1. The third-order valence-corrected chi connectivity index (χ3v) is 6.81. The van der Waals surface area contributed by atoms with Crippen LogP contribution >= 0.6 is 11.8 Å². The van der Waals surface area contributed by atoms with Gasteiger partial charge in [0, 0.05) is 0 Å². The molecule has 3 N–H and O–H groups in total. The molecule has 2 aliphatic rings. The number of nitrogens with one attached hydrogen (secondary N) is 1. The molecule has 0 radical (unpaired) electrons. The summed E-state index contributed by atoms with van der Waals surface area (Å²) >= 11 is 1.80. The number of amides is 1. The van der Waals surface area contributed by atoms with Crippen molar-refractivity contribution in [2.45, 2.75) is 43.7 Å². The van der Waals surface area contributed by atoms with Crippen molar-refractivity contribution in [2.24, 2.45) is 0 Å². The fourth-order valence-electron chi connectivity index (χ4n) is 3.72. The molecule has 1 aromatic rings. The average Bonchev–Trinajstić information content (AvgIpc) is 2.88. The van der Waals surface area contributed by atoms with Crippen molar-refractivity contribution in [1.82, 2.24) is 4.90 Å². The molecule has 0 saturated carbocycles. The van der Waals surface area contributed by atoms with E-state index in [2.05, 4.69) is 55.3 Å². The summed E-state index contributed by atoms with van der Waals surface area (Å²) in [6.45, 7) is 15.6. The minimum absolute atomic E-state index is 0.0666. The highest BCUT2D eigenvalue weighted by molar-refractivity contribution is 8.01. The Kier molecular flexibility index (Phi) is 5.76. The number of carbonyl (C=O) groups is 1. The minimum Gasteiger partial charge on any atom is -0.337 e. The van der Waals surface area contributed by atoms with E-state index in [0.29, 0.717) is 5.91 Å². The van der Waals surface area contributed by atoms with Crippen LogP contribution in [0.25, 0.3) is 0 Å². The van der Waals surface area contributed by atoms with Crippen molar-refractivity contribution in [1.29, 1.82) is 0 Å². The summed E-state index contributed by atoms with van der Waals surface area (Å²) in [5.41, 5.74) is 2.77. The third-order valence-electron chi connectivity index (χ3n) is 5.42. The second kappa shape index (κ2) is 7.68. The van der Waals surface area contributed by atoms with E-state index >= 15 is 0 Å². The van der Waals surface area contributed by atoms with Gasteiger partial charge in [0.1, 0.15) is 31.6 Å². The number of nitrogens with zero attached hydrogens (tertiary/aromatic N) is 1. The summed E-state index contributed by atoms with van der Waals surface area (Å²) in [5, 5.41) is 2.63. The van der Waals surface area contributed by atoms with Gasteiger partial charge in [-0.25, -0.2) is 0 Å². The van der Waals surface area contributed by atoms with Crippen LogP contribution in [0, 0.1) is 0 Å². The topological polar surface area (TPSA) is 41.4 Å². The van der Waals surface area contributed by atoms with Crippen LogP contribution in [0.15, 0.2) is 24.3 Å². The summed E-state index contributed by atoms with van der Waals surface area (Å²) < 4.78 is 0. The Labute approximate surface area is 156 Å². The molecule has 2 saturated heterocycles. The minimum atomic E-state index is 0.0666. The lowest BCUT2D eigenvalue weighted by Crippen LogP contribution is -3.20. The quantitative estimate of drug-likeness (QED) is 0.814. The van der Waals surface area contributed by atoms with Gasteiger partial charge in [0.2, 0.25) is 5.91 Å². The first kappa shape index (κ1) is 18.7. The molecule has 138 valence electrons. The number of hydrogen-bond donors (Lipinski definition) is 2. The number of quaternary nitrogens is 2. The van der Waals surface area contributed by atoms with Gasteiger partial charge in [-0.15, -0.1) is 11.8 Å². The van der Waals surface area contributed by atoms with E-state index in [-0.39, 0.29) is 16.0 Å². The third kappa shape index (κ3) is 4.39. The summed E-state index contributed by atoms with van der Waals surface area (Å²) in [7, 11) is 0. The summed E-state index contributed by atoms with van der Waals surface area (Å²) in [6, 6.07) is 8.90. The zero-order valence-electron chi connectivity index (χ0n) is 16.0. The van der Waals surface area contributed by atoms with Crippen LogP contribution in [0.5, 0.6) is 0 Å². The molecule has 0 aromatic heterocycles. The maximum Gasteiger partial charge on any atom is 0.236 e. The number of nitrogens with two attached hydrogens (primary N) is 1. The highest BCUT2D eigenvalue weighted by Crippen LogP contribution is 2.42. The van der Waals surface area contributed by atoms with Gasteiger partial charge in [-0.3, -0.25) is 4.79 Å². The molecule has 2 atom stereocenters.